The fraction of sp³-hybridized carbons (Fsp3) is 0.200. The second-order valence-corrected chi connectivity index (χ2v) is 6.66. The first kappa shape index (κ1) is 17.7. The van der Waals surface area contributed by atoms with E-state index in [0.717, 1.165) is 5.56 Å². The van der Waals surface area contributed by atoms with Crippen molar-refractivity contribution in [2.75, 3.05) is 22.1 Å². The first-order valence-corrected chi connectivity index (χ1v) is 8.83. The summed E-state index contributed by atoms with van der Waals surface area (Å²) in [5, 5.41) is 0. The molecule has 28 heavy (non-hydrogen) atoms. The Kier molecular flexibility index (Phi) is 4.31. The third-order valence-corrected chi connectivity index (χ3v) is 4.70. The molecule has 2 aromatic heterocycles. The van der Waals surface area contributed by atoms with Gasteiger partial charge in [-0.15, -0.1) is 0 Å². The fourth-order valence-corrected chi connectivity index (χ4v) is 3.48. The summed E-state index contributed by atoms with van der Waals surface area (Å²) in [7, 11) is 0. The third kappa shape index (κ3) is 2.98. The van der Waals surface area contributed by atoms with E-state index in [2.05, 4.69) is 9.97 Å². The number of nitrogen functional groups attached to an aromatic ring is 1. The van der Waals surface area contributed by atoms with Gasteiger partial charge in [0.05, 0.1) is 41.8 Å². The maximum absolute atomic E-state index is 13.0. The molecule has 0 bridgehead atoms. The van der Waals surface area contributed by atoms with Crippen LogP contribution >= 0.6 is 0 Å². The molecule has 8 heteroatoms. The second kappa shape index (κ2) is 6.80. The molecule has 0 unspecified atom stereocenters. The standard InChI is InChI=1S/C20H19N5O3/c1-12-11-24(20(27)18-4-3-7-28-18)17-8-14(15-9-23-19(21)10-22-15)5-6-16(17)25(12)13(2)26/h3-10,12H,11H2,1-2H3,(H2,21,23)/t12-/m0/s1. The average Bonchev–Trinajstić information content (AvgIpc) is 3.21. The number of hydrogen-bond donors (Lipinski definition) is 1. The molecular formula is C20H19N5O3. The van der Waals surface area contributed by atoms with E-state index in [9.17, 15) is 9.59 Å². The molecule has 1 aliphatic rings. The minimum Gasteiger partial charge on any atom is -0.459 e. The van der Waals surface area contributed by atoms with Gasteiger partial charge in [0.1, 0.15) is 5.82 Å². The van der Waals surface area contributed by atoms with E-state index in [1.165, 1.54) is 19.4 Å². The summed E-state index contributed by atoms with van der Waals surface area (Å²) in [5.74, 6) is 0.223. The number of nitrogens with zero attached hydrogens (tertiary/aromatic N) is 4. The van der Waals surface area contributed by atoms with E-state index in [0.29, 0.717) is 29.4 Å². The van der Waals surface area contributed by atoms with Crippen molar-refractivity contribution in [1.82, 2.24) is 9.97 Å². The molecule has 0 saturated carbocycles. The lowest BCUT2D eigenvalue weighted by atomic mass is 10.0. The predicted octanol–water partition coefficient (Wildman–Crippen LogP) is 2.72. The molecule has 3 heterocycles. The summed E-state index contributed by atoms with van der Waals surface area (Å²) in [6.45, 7) is 3.78. The molecule has 1 aliphatic heterocycles. The minimum absolute atomic E-state index is 0.0844. The van der Waals surface area contributed by atoms with Gasteiger partial charge in [-0.05, 0) is 31.2 Å². The summed E-state index contributed by atoms with van der Waals surface area (Å²) < 4.78 is 5.29. The molecule has 2 amide bonds. The number of benzene rings is 1. The Morgan fingerprint density at radius 2 is 2.00 bits per heavy atom. The highest BCUT2D eigenvalue weighted by molar-refractivity contribution is 6.09. The van der Waals surface area contributed by atoms with Crippen molar-refractivity contribution in [3.8, 4) is 11.3 Å². The van der Waals surface area contributed by atoms with Crippen LogP contribution in [0.2, 0.25) is 0 Å². The van der Waals surface area contributed by atoms with Crippen LogP contribution in [0.15, 0.2) is 53.4 Å². The molecule has 0 fully saturated rings. The van der Waals surface area contributed by atoms with Crippen LogP contribution in [-0.2, 0) is 4.79 Å². The summed E-state index contributed by atoms with van der Waals surface area (Å²) in [6.07, 6.45) is 4.51. The first-order chi connectivity index (χ1) is 13.5. The van der Waals surface area contributed by atoms with Crippen molar-refractivity contribution >= 4 is 29.0 Å². The van der Waals surface area contributed by atoms with Crippen molar-refractivity contribution in [2.45, 2.75) is 19.9 Å². The van der Waals surface area contributed by atoms with Gasteiger partial charge in [0.15, 0.2) is 5.76 Å². The van der Waals surface area contributed by atoms with Crippen molar-refractivity contribution in [2.24, 2.45) is 0 Å². The molecule has 0 spiro atoms. The minimum atomic E-state index is -0.262. The Hall–Kier alpha value is -3.68. The maximum Gasteiger partial charge on any atom is 0.294 e. The lowest BCUT2D eigenvalue weighted by Gasteiger charge is -2.40. The van der Waals surface area contributed by atoms with E-state index < -0.39 is 0 Å². The number of carbonyl (C=O) groups is 2. The summed E-state index contributed by atoms with van der Waals surface area (Å²) in [4.78, 5) is 37.0. The lowest BCUT2D eigenvalue weighted by Crippen LogP contribution is -2.51. The van der Waals surface area contributed by atoms with Crippen LogP contribution in [0.25, 0.3) is 11.3 Å². The van der Waals surface area contributed by atoms with Crippen molar-refractivity contribution in [3.63, 3.8) is 0 Å². The number of hydrogen-bond acceptors (Lipinski definition) is 6. The van der Waals surface area contributed by atoms with E-state index in [4.69, 9.17) is 10.2 Å². The van der Waals surface area contributed by atoms with Gasteiger partial charge < -0.3 is 20.0 Å². The van der Waals surface area contributed by atoms with Gasteiger partial charge >= 0.3 is 0 Å². The zero-order chi connectivity index (χ0) is 19.8. The van der Waals surface area contributed by atoms with Gasteiger partial charge in [-0.2, -0.15) is 0 Å². The zero-order valence-electron chi connectivity index (χ0n) is 15.5. The number of rotatable bonds is 2. The molecule has 3 aromatic rings. The zero-order valence-corrected chi connectivity index (χ0v) is 15.5. The fourth-order valence-electron chi connectivity index (χ4n) is 3.48. The van der Waals surface area contributed by atoms with Gasteiger partial charge in [0.2, 0.25) is 5.91 Å². The number of amides is 2. The van der Waals surface area contributed by atoms with E-state index in [-0.39, 0.29) is 23.6 Å². The molecule has 0 radical (unpaired) electrons. The summed E-state index contributed by atoms with van der Waals surface area (Å²) in [6, 6.07) is 8.62. The van der Waals surface area contributed by atoms with E-state index in [1.54, 1.807) is 28.1 Å². The first-order valence-electron chi connectivity index (χ1n) is 8.83. The Morgan fingerprint density at radius 1 is 1.18 bits per heavy atom. The van der Waals surface area contributed by atoms with Gasteiger partial charge in [-0.3, -0.25) is 14.6 Å². The normalized spacial score (nSPS) is 16.0. The third-order valence-electron chi connectivity index (χ3n) is 4.70. The van der Waals surface area contributed by atoms with Gasteiger partial charge in [0, 0.05) is 19.0 Å². The SMILES string of the molecule is CC(=O)N1c2ccc(-c3cnc(N)cn3)cc2N(C(=O)c2ccco2)C[C@@H]1C. The van der Waals surface area contributed by atoms with Crippen LogP contribution in [0.4, 0.5) is 17.2 Å². The number of furan rings is 1. The molecule has 0 saturated heterocycles. The van der Waals surface area contributed by atoms with Crippen LogP contribution < -0.4 is 15.5 Å². The second-order valence-electron chi connectivity index (χ2n) is 6.66. The molecule has 8 nitrogen and oxygen atoms in total. The van der Waals surface area contributed by atoms with Crippen molar-refractivity contribution < 1.29 is 14.0 Å². The van der Waals surface area contributed by atoms with Crippen LogP contribution in [0.5, 0.6) is 0 Å². The largest absolute Gasteiger partial charge is 0.459 e. The number of carbonyl (C=O) groups excluding carboxylic acids is 2. The van der Waals surface area contributed by atoms with Crippen LogP contribution in [0.1, 0.15) is 24.4 Å². The molecule has 142 valence electrons. The molecule has 4 rings (SSSR count). The van der Waals surface area contributed by atoms with Gasteiger partial charge in [-0.25, -0.2) is 4.98 Å². The molecule has 1 atom stereocenters. The summed E-state index contributed by atoms with van der Waals surface area (Å²) in [5.41, 5.74) is 8.28. The van der Waals surface area contributed by atoms with Crippen LogP contribution in [0, 0.1) is 0 Å². The highest BCUT2D eigenvalue weighted by Gasteiger charge is 2.35. The quantitative estimate of drug-likeness (QED) is 0.736. The van der Waals surface area contributed by atoms with Crippen molar-refractivity contribution in [3.05, 3.63) is 54.7 Å². The molecule has 0 aliphatic carbocycles. The van der Waals surface area contributed by atoms with Crippen LogP contribution in [0.3, 0.4) is 0 Å². The molecule has 1 aromatic carbocycles. The van der Waals surface area contributed by atoms with Gasteiger partial charge in [0.25, 0.3) is 5.91 Å². The van der Waals surface area contributed by atoms with Crippen molar-refractivity contribution in [1.29, 1.82) is 0 Å². The topological polar surface area (TPSA) is 106 Å². The number of anilines is 3. The Labute approximate surface area is 161 Å². The highest BCUT2D eigenvalue weighted by Crippen LogP contribution is 2.39. The van der Waals surface area contributed by atoms with Crippen LogP contribution in [-0.4, -0.2) is 34.4 Å². The highest BCUT2D eigenvalue weighted by atomic mass is 16.3. The Bertz CT molecular complexity index is 1030. The smallest absolute Gasteiger partial charge is 0.294 e. The Balaban J connectivity index is 1.84. The lowest BCUT2D eigenvalue weighted by molar-refractivity contribution is -0.117. The number of fused-ring (bicyclic) bond motifs is 1. The maximum atomic E-state index is 13.0. The van der Waals surface area contributed by atoms with E-state index in [1.807, 2.05) is 25.1 Å². The number of aromatic nitrogens is 2. The molecular weight excluding hydrogens is 358 g/mol. The average molecular weight is 377 g/mol. The predicted molar refractivity (Wildman–Crippen MR) is 105 cm³/mol. The van der Waals surface area contributed by atoms with Gasteiger partial charge in [-0.1, -0.05) is 6.07 Å². The number of nitrogens with two attached hydrogens (primary N) is 1. The monoisotopic (exact) mass is 377 g/mol. The Morgan fingerprint density at radius 3 is 2.64 bits per heavy atom. The molecule has 2 N–H and O–H groups in total. The summed E-state index contributed by atoms with van der Waals surface area (Å²) >= 11 is 0. The van der Waals surface area contributed by atoms with E-state index >= 15 is 0 Å².